The second kappa shape index (κ2) is 8.57. The zero-order chi connectivity index (χ0) is 14.1. The minimum absolute atomic E-state index is 0.364. The third kappa shape index (κ3) is 5.13. The number of halogens is 1. The third-order valence-electron chi connectivity index (χ3n) is 3.04. The summed E-state index contributed by atoms with van der Waals surface area (Å²) >= 11 is 5.22. The lowest BCUT2D eigenvalue weighted by Crippen LogP contribution is -2.43. The summed E-state index contributed by atoms with van der Waals surface area (Å²) in [5.74, 6) is 0.977. The van der Waals surface area contributed by atoms with E-state index in [0.717, 1.165) is 41.1 Å². The van der Waals surface area contributed by atoms with Crippen molar-refractivity contribution in [3.05, 3.63) is 22.8 Å². The molecule has 0 saturated heterocycles. The summed E-state index contributed by atoms with van der Waals surface area (Å²) in [6, 6.07) is 6.34. The zero-order valence-electron chi connectivity index (χ0n) is 11.4. The van der Waals surface area contributed by atoms with Crippen LogP contribution < -0.4 is 5.32 Å². The molecule has 0 bridgehead atoms. The van der Waals surface area contributed by atoms with Crippen molar-refractivity contribution < 1.29 is 0 Å². The molecule has 1 rings (SSSR count). The van der Waals surface area contributed by atoms with Crippen LogP contribution in [0.25, 0.3) is 0 Å². The van der Waals surface area contributed by atoms with Crippen LogP contribution in [-0.2, 0) is 0 Å². The first-order valence-electron chi connectivity index (χ1n) is 6.57. The molecular weight excluding hydrogens is 322 g/mol. The molecule has 3 nitrogen and oxygen atoms in total. The predicted molar refractivity (Wildman–Crippen MR) is 84.2 cm³/mol. The van der Waals surface area contributed by atoms with Gasteiger partial charge in [-0.1, -0.05) is 13.8 Å². The van der Waals surface area contributed by atoms with Gasteiger partial charge in [0.2, 0.25) is 0 Å². The number of hydrogen-bond acceptors (Lipinski definition) is 4. The Kier molecular flexibility index (Phi) is 7.44. The molecule has 0 aromatic carbocycles. The van der Waals surface area contributed by atoms with Crippen molar-refractivity contribution in [3.8, 4) is 6.07 Å². The van der Waals surface area contributed by atoms with E-state index < -0.39 is 0 Å². The first kappa shape index (κ1) is 16.5. The van der Waals surface area contributed by atoms with Crippen molar-refractivity contribution in [2.45, 2.75) is 43.7 Å². The molecular formula is C14H20BrN3S. The van der Waals surface area contributed by atoms with E-state index in [9.17, 15) is 5.26 Å². The Bertz CT molecular complexity index is 433. The number of pyridine rings is 1. The predicted octanol–water partition coefficient (Wildman–Crippen LogP) is 4.00. The Balaban J connectivity index is 2.42. The van der Waals surface area contributed by atoms with Crippen molar-refractivity contribution in [1.29, 1.82) is 5.26 Å². The van der Waals surface area contributed by atoms with Crippen LogP contribution in [0.5, 0.6) is 0 Å². The first-order chi connectivity index (χ1) is 9.17. The molecule has 1 aromatic heterocycles. The van der Waals surface area contributed by atoms with Crippen molar-refractivity contribution >= 4 is 27.7 Å². The highest BCUT2D eigenvalue weighted by atomic mass is 79.9. The fraction of sp³-hybridized carbons (Fsp3) is 0.571. The minimum atomic E-state index is -0.364. The third-order valence-corrected chi connectivity index (χ3v) is 5.04. The topological polar surface area (TPSA) is 48.7 Å². The summed E-state index contributed by atoms with van der Waals surface area (Å²) in [5.41, 5.74) is -0.364. The zero-order valence-corrected chi connectivity index (χ0v) is 13.9. The maximum Gasteiger partial charge on any atom is 0.110 e. The molecule has 1 unspecified atom stereocenters. The lowest BCUT2D eigenvalue weighted by molar-refractivity contribution is 0.379. The lowest BCUT2D eigenvalue weighted by atomic mass is 9.92. The van der Waals surface area contributed by atoms with E-state index in [0.29, 0.717) is 0 Å². The van der Waals surface area contributed by atoms with Gasteiger partial charge >= 0.3 is 0 Å². The number of rotatable bonds is 8. The van der Waals surface area contributed by atoms with Gasteiger partial charge in [0.25, 0.3) is 0 Å². The van der Waals surface area contributed by atoms with Gasteiger partial charge in [0.1, 0.15) is 10.6 Å². The van der Waals surface area contributed by atoms with Gasteiger partial charge in [-0.2, -0.15) is 5.26 Å². The smallest absolute Gasteiger partial charge is 0.110 e. The van der Waals surface area contributed by atoms with E-state index in [1.54, 1.807) is 18.0 Å². The normalized spacial score (nSPS) is 13.8. The van der Waals surface area contributed by atoms with Gasteiger partial charge in [0.15, 0.2) is 0 Å². The monoisotopic (exact) mass is 341 g/mol. The summed E-state index contributed by atoms with van der Waals surface area (Å²) in [5, 5.41) is 13.7. The Morgan fingerprint density at radius 2 is 2.32 bits per heavy atom. The molecule has 0 aliphatic carbocycles. The second-order valence-electron chi connectivity index (χ2n) is 4.32. The summed E-state index contributed by atoms with van der Waals surface area (Å²) in [6.45, 7) is 4.94. The fourth-order valence-electron chi connectivity index (χ4n) is 1.92. The fourth-order valence-corrected chi connectivity index (χ4v) is 3.34. The van der Waals surface area contributed by atoms with Gasteiger partial charge in [-0.25, -0.2) is 4.98 Å². The van der Waals surface area contributed by atoms with Crippen LogP contribution >= 0.6 is 27.7 Å². The number of aromatic nitrogens is 1. The summed E-state index contributed by atoms with van der Waals surface area (Å²) in [6.07, 6.45) is 4.53. The molecule has 19 heavy (non-hydrogen) atoms. The molecule has 0 saturated carbocycles. The van der Waals surface area contributed by atoms with Gasteiger partial charge in [-0.15, -0.1) is 11.8 Å². The van der Waals surface area contributed by atoms with Crippen LogP contribution in [0.15, 0.2) is 27.8 Å². The van der Waals surface area contributed by atoms with Gasteiger partial charge in [-0.3, -0.25) is 5.32 Å². The Morgan fingerprint density at radius 3 is 2.89 bits per heavy atom. The summed E-state index contributed by atoms with van der Waals surface area (Å²) in [4.78, 5) is 4.32. The molecule has 1 heterocycles. The van der Waals surface area contributed by atoms with Crippen molar-refractivity contribution in [1.82, 2.24) is 10.3 Å². The standard InChI is InChI=1S/C14H20BrN3S/c1-3-14(11-16,18-4-2)8-6-10-19-13-12(15)7-5-9-17-13/h5,7,9,18H,3-4,6,8,10H2,1-2H3. The summed E-state index contributed by atoms with van der Waals surface area (Å²) in [7, 11) is 0. The average molecular weight is 342 g/mol. The average Bonchev–Trinajstić information content (AvgIpc) is 2.44. The molecule has 1 N–H and O–H groups in total. The van der Waals surface area contributed by atoms with Gasteiger partial charge in [0.05, 0.1) is 6.07 Å². The Morgan fingerprint density at radius 1 is 1.53 bits per heavy atom. The van der Waals surface area contributed by atoms with Crippen molar-refractivity contribution in [2.75, 3.05) is 12.3 Å². The Labute approximate surface area is 128 Å². The van der Waals surface area contributed by atoms with E-state index in [2.05, 4.69) is 39.2 Å². The van der Waals surface area contributed by atoms with Crippen LogP contribution in [0.3, 0.4) is 0 Å². The van der Waals surface area contributed by atoms with Crippen LogP contribution in [-0.4, -0.2) is 22.8 Å². The van der Waals surface area contributed by atoms with E-state index in [1.807, 2.05) is 19.1 Å². The molecule has 0 aliphatic heterocycles. The Hall–Kier alpha value is -0.570. The van der Waals surface area contributed by atoms with Crippen LogP contribution in [0.2, 0.25) is 0 Å². The molecule has 0 radical (unpaired) electrons. The highest BCUT2D eigenvalue weighted by Gasteiger charge is 2.25. The van der Waals surface area contributed by atoms with E-state index in [-0.39, 0.29) is 5.54 Å². The molecule has 0 spiro atoms. The molecule has 0 fully saturated rings. The van der Waals surface area contributed by atoms with Gasteiger partial charge < -0.3 is 0 Å². The highest BCUT2D eigenvalue weighted by molar-refractivity contribution is 9.10. The molecule has 5 heteroatoms. The number of nitrogens with one attached hydrogen (secondary N) is 1. The van der Waals surface area contributed by atoms with Crippen molar-refractivity contribution in [2.24, 2.45) is 0 Å². The number of hydrogen-bond donors (Lipinski definition) is 1. The molecule has 104 valence electrons. The quantitative estimate of drug-likeness (QED) is 0.573. The van der Waals surface area contributed by atoms with Gasteiger partial charge in [-0.05, 0) is 59.6 Å². The van der Waals surface area contributed by atoms with Gasteiger partial charge in [0, 0.05) is 10.7 Å². The number of nitrogens with zero attached hydrogens (tertiary/aromatic N) is 2. The van der Waals surface area contributed by atoms with Crippen molar-refractivity contribution in [3.63, 3.8) is 0 Å². The largest absolute Gasteiger partial charge is 0.300 e. The van der Waals surface area contributed by atoms with E-state index >= 15 is 0 Å². The summed E-state index contributed by atoms with van der Waals surface area (Å²) < 4.78 is 1.04. The number of nitriles is 1. The molecule has 0 aliphatic rings. The molecule has 1 aromatic rings. The van der Waals surface area contributed by atoms with Crippen LogP contribution in [0, 0.1) is 11.3 Å². The van der Waals surface area contributed by atoms with E-state index in [4.69, 9.17) is 0 Å². The van der Waals surface area contributed by atoms with E-state index in [1.165, 1.54) is 0 Å². The lowest BCUT2D eigenvalue weighted by Gasteiger charge is -2.25. The SMILES string of the molecule is CCNC(C#N)(CC)CCCSc1ncccc1Br. The second-order valence-corrected chi connectivity index (χ2v) is 6.26. The van der Waals surface area contributed by atoms with Crippen LogP contribution in [0.4, 0.5) is 0 Å². The highest BCUT2D eigenvalue weighted by Crippen LogP contribution is 2.26. The van der Waals surface area contributed by atoms with Crippen LogP contribution in [0.1, 0.15) is 33.1 Å². The maximum absolute atomic E-state index is 9.33. The minimum Gasteiger partial charge on any atom is -0.300 e. The maximum atomic E-state index is 9.33. The molecule has 0 amide bonds. The first-order valence-corrected chi connectivity index (χ1v) is 8.35. The molecule has 1 atom stereocenters. The number of thioether (sulfide) groups is 1.